The smallest absolute Gasteiger partial charge is 0.269 e. The van der Waals surface area contributed by atoms with Crippen molar-refractivity contribution in [3.8, 4) is 0 Å². The van der Waals surface area contributed by atoms with Crippen molar-refractivity contribution in [2.75, 3.05) is 26.2 Å². The van der Waals surface area contributed by atoms with Gasteiger partial charge in [0.2, 0.25) is 0 Å². The average Bonchev–Trinajstić information content (AvgIpc) is 2.93. The molecule has 1 aromatic carbocycles. The van der Waals surface area contributed by atoms with Gasteiger partial charge in [-0.25, -0.2) is 0 Å². The second-order valence-corrected chi connectivity index (χ2v) is 4.94. The van der Waals surface area contributed by atoms with Crippen LogP contribution in [0.1, 0.15) is 16.8 Å². The molecular weight excluding hydrogens is 258 g/mol. The maximum absolute atomic E-state index is 11.7. The van der Waals surface area contributed by atoms with Crippen molar-refractivity contribution in [3.63, 3.8) is 0 Å². The number of nitrogens with zero attached hydrogens (tertiary/aromatic N) is 1. The van der Waals surface area contributed by atoms with Crippen molar-refractivity contribution in [1.29, 1.82) is 0 Å². The van der Waals surface area contributed by atoms with E-state index in [1.807, 2.05) is 11.0 Å². The third-order valence-electron chi connectivity index (χ3n) is 3.35. The van der Waals surface area contributed by atoms with E-state index in [4.69, 9.17) is 5.11 Å². The molecule has 6 nitrogen and oxygen atoms in total. The van der Waals surface area contributed by atoms with Crippen molar-refractivity contribution in [3.05, 3.63) is 35.9 Å². The van der Waals surface area contributed by atoms with Gasteiger partial charge >= 0.3 is 0 Å². The summed E-state index contributed by atoms with van der Waals surface area (Å²) in [6.07, 6.45) is 0.903. The SMILES string of the molecule is O=C(CN1CCC(CO)C1)NNC(=O)c1ccccc1. The van der Waals surface area contributed by atoms with Crippen molar-refractivity contribution < 1.29 is 14.7 Å². The molecule has 3 N–H and O–H groups in total. The van der Waals surface area contributed by atoms with Crippen molar-refractivity contribution in [2.24, 2.45) is 5.92 Å². The van der Waals surface area contributed by atoms with Crippen molar-refractivity contribution >= 4 is 11.8 Å². The maximum Gasteiger partial charge on any atom is 0.269 e. The molecule has 2 rings (SSSR count). The van der Waals surface area contributed by atoms with Crippen molar-refractivity contribution in [1.82, 2.24) is 15.8 Å². The van der Waals surface area contributed by atoms with Crippen LogP contribution >= 0.6 is 0 Å². The van der Waals surface area contributed by atoms with Crippen LogP contribution in [0.25, 0.3) is 0 Å². The summed E-state index contributed by atoms with van der Waals surface area (Å²) in [5.74, 6) is -0.344. The minimum atomic E-state index is -0.339. The fourth-order valence-electron chi connectivity index (χ4n) is 2.24. The highest BCUT2D eigenvalue weighted by Crippen LogP contribution is 2.14. The number of likely N-dealkylation sites (tertiary alicyclic amines) is 1. The van der Waals surface area contributed by atoms with Crippen molar-refractivity contribution in [2.45, 2.75) is 6.42 Å². The molecule has 0 bridgehead atoms. The Labute approximate surface area is 117 Å². The Morgan fingerprint density at radius 1 is 1.25 bits per heavy atom. The predicted octanol–water partition coefficient (Wildman–Crippen LogP) is -0.238. The predicted molar refractivity (Wildman–Crippen MR) is 73.7 cm³/mol. The van der Waals surface area contributed by atoms with E-state index in [0.29, 0.717) is 5.56 Å². The minimum Gasteiger partial charge on any atom is -0.396 e. The zero-order valence-electron chi connectivity index (χ0n) is 11.2. The molecule has 1 saturated heterocycles. The zero-order valence-corrected chi connectivity index (χ0v) is 11.2. The summed E-state index contributed by atoms with van der Waals surface area (Å²) in [5.41, 5.74) is 5.28. The van der Waals surface area contributed by atoms with Crippen LogP contribution in [0, 0.1) is 5.92 Å². The zero-order chi connectivity index (χ0) is 14.4. The van der Waals surface area contributed by atoms with E-state index in [1.165, 1.54) is 0 Å². The van der Waals surface area contributed by atoms with Gasteiger partial charge in [0, 0.05) is 18.7 Å². The molecule has 20 heavy (non-hydrogen) atoms. The van der Waals surface area contributed by atoms with E-state index in [0.717, 1.165) is 19.5 Å². The summed E-state index contributed by atoms with van der Waals surface area (Å²) in [6.45, 7) is 1.90. The lowest BCUT2D eigenvalue weighted by Gasteiger charge is -2.15. The van der Waals surface area contributed by atoms with Crippen LogP contribution in [0.2, 0.25) is 0 Å². The number of hydrogen-bond donors (Lipinski definition) is 3. The first-order chi connectivity index (χ1) is 9.69. The molecule has 1 fully saturated rings. The molecule has 1 aliphatic heterocycles. The lowest BCUT2D eigenvalue weighted by atomic mass is 10.1. The van der Waals surface area contributed by atoms with E-state index >= 15 is 0 Å². The number of aliphatic hydroxyl groups excluding tert-OH is 1. The third-order valence-corrected chi connectivity index (χ3v) is 3.35. The molecule has 2 amide bonds. The number of carbonyl (C=O) groups excluding carboxylic acids is 2. The quantitative estimate of drug-likeness (QED) is 0.664. The summed E-state index contributed by atoms with van der Waals surface area (Å²) in [4.78, 5) is 25.4. The number of hydrazine groups is 1. The Hall–Kier alpha value is -1.92. The highest BCUT2D eigenvalue weighted by Gasteiger charge is 2.23. The van der Waals surface area contributed by atoms with Gasteiger partial charge in [0.25, 0.3) is 11.8 Å². The highest BCUT2D eigenvalue weighted by molar-refractivity contribution is 5.95. The van der Waals surface area contributed by atoms with E-state index in [9.17, 15) is 9.59 Å². The first-order valence-electron chi connectivity index (χ1n) is 6.66. The largest absolute Gasteiger partial charge is 0.396 e. The number of aliphatic hydroxyl groups is 1. The first-order valence-corrected chi connectivity index (χ1v) is 6.66. The van der Waals surface area contributed by atoms with Gasteiger partial charge in [-0.3, -0.25) is 25.3 Å². The number of benzene rings is 1. The molecule has 6 heteroatoms. The van der Waals surface area contributed by atoms with Gasteiger partial charge in [-0.2, -0.15) is 0 Å². The standard InChI is InChI=1S/C14H19N3O3/c18-10-11-6-7-17(8-11)9-13(19)15-16-14(20)12-4-2-1-3-5-12/h1-5,11,18H,6-10H2,(H,15,19)(H,16,20). The lowest BCUT2D eigenvalue weighted by molar-refractivity contribution is -0.122. The molecule has 1 aromatic rings. The van der Waals surface area contributed by atoms with Crippen LogP contribution in [-0.2, 0) is 4.79 Å². The third kappa shape index (κ3) is 4.04. The highest BCUT2D eigenvalue weighted by atomic mass is 16.3. The van der Waals surface area contributed by atoms with Gasteiger partial charge in [-0.1, -0.05) is 18.2 Å². The molecule has 0 radical (unpaired) electrons. The average molecular weight is 277 g/mol. The fourth-order valence-corrected chi connectivity index (χ4v) is 2.24. The van der Waals surface area contributed by atoms with E-state index in [2.05, 4.69) is 10.9 Å². The minimum absolute atomic E-state index is 0.156. The van der Waals surface area contributed by atoms with E-state index in [1.54, 1.807) is 24.3 Å². The second-order valence-electron chi connectivity index (χ2n) is 4.94. The molecule has 108 valence electrons. The van der Waals surface area contributed by atoms with Crippen LogP contribution in [-0.4, -0.2) is 48.1 Å². The van der Waals surface area contributed by atoms with E-state index in [-0.39, 0.29) is 30.9 Å². The first kappa shape index (κ1) is 14.5. The molecule has 1 unspecified atom stereocenters. The summed E-state index contributed by atoms with van der Waals surface area (Å²) in [5, 5.41) is 9.04. The van der Waals surface area contributed by atoms with Crippen LogP contribution in [0.3, 0.4) is 0 Å². The maximum atomic E-state index is 11.7. The molecule has 0 aromatic heterocycles. The second kappa shape index (κ2) is 7.02. The summed E-state index contributed by atoms with van der Waals surface area (Å²) >= 11 is 0. The normalized spacial score (nSPS) is 18.8. The van der Waals surface area contributed by atoms with Crippen LogP contribution in [0.4, 0.5) is 0 Å². The number of hydrogen-bond acceptors (Lipinski definition) is 4. The number of rotatable bonds is 4. The van der Waals surface area contributed by atoms with Gasteiger partial charge < -0.3 is 5.11 Å². The van der Waals surface area contributed by atoms with Crippen LogP contribution in [0.5, 0.6) is 0 Å². The topological polar surface area (TPSA) is 81.7 Å². The van der Waals surface area contributed by atoms with Gasteiger partial charge in [0.15, 0.2) is 0 Å². The fraction of sp³-hybridized carbons (Fsp3) is 0.429. The van der Waals surface area contributed by atoms with Gasteiger partial charge in [-0.05, 0) is 31.0 Å². The molecule has 0 spiro atoms. The Balaban J connectivity index is 1.72. The molecule has 1 aliphatic rings. The van der Waals surface area contributed by atoms with Crippen LogP contribution in [0.15, 0.2) is 30.3 Å². The van der Waals surface area contributed by atoms with Gasteiger partial charge in [0.05, 0.1) is 6.54 Å². The molecule has 0 saturated carbocycles. The Kier molecular flexibility index (Phi) is 5.09. The Morgan fingerprint density at radius 3 is 2.65 bits per heavy atom. The monoisotopic (exact) mass is 277 g/mol. The summed E-state index contributed by atoms with van der Waals surface area (Å²) in [7, 11) is 0. The number of nitrogens with one attached hydrogen (secondary N) is 2. The number of amides is 2. The summed E-state index contributed by atoms with van der Waals surface area (Å²) in [6, 6.07) is 8.69. The Morgan fingerprint density at radius 2 is 2.00 bits per heavy atom. The molecule has 1 atom stereocenters. The van der Waals surface area contributed by atoms with E-state index < -0.39 is 0 Å². The number of carbonyl (C=O) groups is 2. The molecular formula is C14H19N3O3. The van der Waals surface area contributed by atoms with Gasteiger partial charge in [-0.15, -0.1) is 0 Å². The molecule has 0 aliphatic carbocycles. The van der Waals surface area contributed by atoms with Crippen LogP contribution < -0.4 is 10.9 Å². The Bertz CT molecular complexity index is 464. The van der Waals surface area contributed by atoms with Gasteiger partial charge in [0.1, 0.15) is 0 Å². The summed E-state index contributed by atoms with van der Waals surface area (Å²) < 4.78 is 0. The molecule has 1 heterocycles. The lowest BCUT2D eigenvalue weighted by Crippen LogP contribution is -2.46.